The van der Waals surface area contributed by atoms with Crippen LogP contribution in [0.15, 0.2) is 12.1 Å². The minimum Gasteiger partial charge on any atom is -0.493 e. The predicted molar refractivity (Wildman–Crippen MR) is 93.7 cm³/mol. The molecule has 0 spiro atoms. The first-order chi connectivity index (χ1) is 11.7. The third-order valence-electron chi connectivity index (χ3n) is 5.19. The first-order valence-corrected chi connectivity index (χ1v) is 9.00. The summed E-state index contributed by atoms with van der Waals surface area (Å²) < 4.78 is 10.8. The summed E-state index contributed by atoms with van der Waals surface area (Å²) in [6.45, 7) is 1.38. The van der Waals surface area contributed by atoms with Crippen LogP contribution in [0.1, 0.15) is 49.7 Å². The van der Waals surface area contributed by atoms with E-state index in [0.29, 0.717) is 12.6 Å². The van der Waals surface area contributed by atoms with E-state index in [2.05, 4.69) is 5.32 Å². The number of nitrogens with zero attached hydrogens (tertiary/aromatic N) is 1. The van der Waals surface area contributed by atoms with E-state index >= 15 is 0 Å². The van der Waals surface area contributed by atoms with Crippen molar-refractivity contribution in [3.05, 3.63) is 23.3 Å². The second-order valence-electron chi connectivity index (χ2n) is 6.79. The van der Waals surface area contributed by atoms with Crippen molar-refractivity contribution in [3.63, 3.8) is 0 Å². The highest BCUT2D eigenvalue weighted by Crippen LogP contribution is 2.33. The lowest BCUT2D eigenvalue weighted by molar-refractivity contribution is 0.186. The SMILES string of the molecule is COc1cc2c(cc1OC)CN(C(=O)NC1CCCCCC1)CC2. The van der Waals surface area contributed by atoms with Gasteiger partial charge < -0.3 is 19.7 Å². The van der Waals surface area contributed by atoms with Gasteiger partial charge >= 0.3 is 6.03 Å². The van der Waals surface area contributed by atoms with Crippen molar-refractivity contribution in [2.45, 2.75) is 57.5 Å². The second kappa shape index (κ2) is 7.77. The molecule has 0 bridgehead atoms. The van der Waals surface area contributed by atoms with Crippen LogP contribution in [0.3, 0.4) is 0 Å². The zero-order valence-electron chi connectivity index (χ0n) is 14.8. The average Bonchev–Trinajstić information content (AvgIpc) is 2.88. The van der Waals surface area contributed by atoms with Crippen LogP contribution in [0, 0.1) is 0 Å². The van der Waals surface area contributed by atoms with E-state index in [0.717, 1.165) is 42.9 Å². The Hall–Kier alpha value is -1.91. The van der Waals surface area contributed by atoms with Gasteiger partial charge in [0.1, 0.15) is 0 Å². The number of hydrogen-bond acceptors (Lipinski definition) is 3. The van der Waals surface area contributed by atoms with Crippen LogP contribution >= 0.6 is 0 Å². The van der Waals surface area contributed by atoms with Crippen LogP contribution < -0.4 is 14.8 Å². The first kappa shape index (κ1) is 16.9. The van der Waals surface area contributed by atoms with Crippen LogP contribution in [-0.2, 0) is 13.0 Å². The zero-order chi connectivity index (χ0) is 16.9. The van der Waals surface area contributed by atoms with Crippen molar-refractivity contribution in [1.82, 2.24) is 10.2 Å². The fraction of sp³-hybridized carbons (Fsp3) is 0.632. The van der Waals surface area contributed by atoms with E-state index in [-0.39, 0.29) is 6.03 Å². The van der Waals surface area contributed by atoms with Gasteiger partial charge in [-0.1, -0.05) is 25.7 Å². The summed E-state index contributed by atoms with van der Waals surface area (Å²) in [7, 11) is 3.29. The smallest absolute Gasteiger partial charge is 0.317 e. The topological polar surface area (TPSA) is 50.8 Å². The Balaban J connectivity index is 1.66. The van der Waals surface area contributed by atoms with Crippen molar-refractivity contribution in [2.75, 3.05) is 20.8 Å². The number of methoxy groups -OCH3 is 2. The summed E-state index contributed by atoms with van der Waals surface area (Å²) in [4.78, 5) is 14.5. The van der Waals surface area contributed by atoms with E-state index in [1.807, 2.05) is 17.0 Å². The molecule has 2 amide bonds. The Morgan fingerprint density at radius 2 is 1.67 bits per heavy atom. The molecule has 3 rings (SSSR count). The number of hydrogen-bond donors (Lipinski definition) is 1. The number of amides is 2. The molecule has 1 aromatic carbocycles. The van der Waals surface area contributed by atoms with Gasteiger partial charge in [0.2, 0.25) is 0 Å². The maximum atomic E-state index is 12.6. The molecule has 132 valence electrons. The molecule has 5 nitrogen and oxygen atoms in total. The first-order valence-electron chi connectivity index (χ1n) is 9.00. The van der Waals surface area contributed by atoms with E-state index in [1.165, 1.54) is 31.2 Å². The van der Waals surface area contributed by atoms with E-state index in [1.54, 1.807) is 14.2 Å². The number of carbonyl (C=O) groups is 1. The summed E-state index contributed by atoms with van der Waals surface area (Å²) in [5.74, 6) is 1.48. The molecule has 1 N–H and O–H groups in total. The number of benzene rings is 1. The Kier molecular flexibility index (Phi) is 5.48. The summed E-state index contributed by atoms with van der Waals surface area (Å²) in [6.07, 6.45) is 8.13. The van der Waals surface area contributed by atoms with Gasteiger partial charge in [-0.3, -0.25) is 0 Å². The van der Waals surface area contributed by atoms with Gasteiger partial charge in [-0.15, -0.1) is 0 Å². The highest BCUT2D eigenvalue weighted by molar-refractivity contribution is 5.75. The normalized spacial score (nSPS) is 18.5. The van der Waals surface area contributed by atoms with Gasteiger partial charge in [0, 0.05) is 19.1 Å². The average molecular weight is 332 g/mol. The molecular weight excluding hydrogens is 304 g/mol. The van der Waals surface area contributed by atoms with Crippen LogP contribution in [0.4, 0.5) is 4.79 Å². The van der Waals surface area contributed by atoms with E-state index in [4.69, 9.17) is 9.47 Å². The van der Waals surface area contributed by atoms with Gasteiger partial charge in [-0.05, 0) is 42.5 Å². The Morgan fingerprint density at radius 3 is 2.29 bits per heavy atom. The summed E-state index contributed by atoms with van der Waals surface area (Å²) in [6, 6.07) is 4.45. The Bertz CT molecular complexity index is 580. The third kappa shape index (κ3) is 3.77. The van der Waals surface area contributed by atoms with Crippen LogP contribution in [0.2, 0.25) is 0 Å². The molecule has 1 aliphatic carbocycles. The Labute approximate surface area is 144 Å². The van der Waals surface area contributed by atoms with E-state index in [9.17, 15) is 4.79 Å². The highest BCUT2D eigenvalue weighted by atomic mass is 16.5. The van der Waals surface area contributed by atoms with E-state index < -0.39 is 0 Å². The van der Waals surface area contributed by atoms with Crippen LogP contribution in [-0.4, -0.2) is 37.7 Å². The Morgan fingerprint density at radius 1 is 1.04 bits per heavy atom. The number of carbonyl (C=O) groups excluding carboxylic acids is 1. The molecule has 2 aliphatic rings. The molecule has 1 saturated carbocycles. The van der Waals surface area contributed by atoms with Crippen LogP contribution in [0.25, 0.3) is 0 Å². The lowest BCUT2D eigenvalue weighted by Gasteiger charge is -2.31. The minimum absolute atomic E-state index is 0.0716. The van der Waals surface area contributed by atoms with Gasteiger partial charge in [-0.25, -0.2) is 4.79 Å². The van der Waals surface area contributed by atoms with Gasteiger partial charge in [0.15, 0.2) is 11.5 Å². The molecule has 0 radical (unpaired) electrons. The minimum atomic E-state index is 0.0716. The number of nitrogens with one attached hydrogen (secondary N) is 1. The highest BCUT2D eigenvalue weighted by Gasteiger charge is 2.24. The second-order valence-corrected chi connectivity index (χ2v) is 6.79. The fourth-order valence-electron chi connectivity index (χ4n) is 3.75. The molecule has 1 aliphatic heterocycles. The molecule has 24 heavy (non-hydrogen) atoms. The maximum Gasteiger partial charge on any atom is 0.317 e. The standard InChI is InChI=1S/C19H28N2O3/c1-23-17-11-14-9-10-21(13-15(14)12-18(17)24-2)19(22)20-16-7-5-3-4-6-8-16/h11-12,16H,3-10,13H2,1-2H3,(H,20,22). The molecule has 0 unspecified atom stereocenters. The van der Waals surface area contributed by atoms with Crippen molar-refractivity contribution >= 4 is 6.03 Å². The van der Waals surface area contributed by atoms with Gasteiger partial charge in [0.25, 0.3) is 0 Å². The van der Waals surface area contributed by atoms with Gasteiger partial charge in [-0.2, -0.15) is 0 Å². The lowest BCUT2D eigenvalue weighted by Crippen LogP contribution is -2.46. The number of fused-ring (bicyclic) bond motifs is 1. The summed E-state index contributed by atoms with van der Waals surface area (Å²) in [5.41, 5.74) is 2.39. The molecule has 0 aromatic heterocycles. The molecule has 1 fully saturated rings. The van der Waals surface area contributed by atoms with Crippen molar-refractivity contribution in [2.24, 2.45) is 0 Å². The largest absolute Gasteiger partial charge is 0.493 e. The van der Waals surface area contributed by atoms with Crippen molar-refractivity contribution in [1.29, 1.82) is 0 Å². The third-order valence-corrected chi connectivity index (χ3v) is 5.19. The lowest BCUT2D eigenvalue weighted by atomic mass is 9.99. The number of ether oxygens (including phenoxy) is 2. The van der Waals surface area contributed by atoms with Crippen molar-refractivity contribution in [3.8, 4) is 11.5 Å². The molecule has 0 saturated heterocycles. The fourth-order valence-corrected chi connectivity index (χ4v) is 3.75. The summed E-state index contributed by atoms with van der Waals surface area (Å²) >= 11 is 0. The maximum absolute atomic E-state index is 12.6. The van der Waals surface area contributed by atoms with Crippen molar-refractivity contribution < 1.29 is 14.3 Å². The molecular formula is C19H28N2O3. The molecule has 1 heterocycles. The van der Waals surface area contributed by atoms with Crippen LogP contribution in [0.5, 0.6) is 11.5 Å². The monoisotopic (exact) mass is 332 g/mol. The summed E-state index contributed by atoms with van der Waals surface area (Å²) in [5, 5.41) is 3.24. The van der Waals surface area contributed by atoms with Gasteiger partial charge in [0.05, 0.1) is 14.2 Å². The molecule has 0 atom stereocenters. The zero-order valence-corrected chi connectivity index (χ0v) is 14.8. The molecule has 1 aromatic rings. The quantitative estimate of drug-likeness (QED) is 0.862. The predicted octanol–water partition coefficient (Wildman–Crippen LogP) is 3.49. The number of urea groups is 1. The molecule has 5 heteroatoms. The number of rotatable bonds is 3.